The second-order valence-electron chi connectivity index (χ2n) is 4.28. The van der Waals surface area contributed by atoms with Gasteiger partial charge in [0.2, 0.25) is 0 Å². The van der Waals surface area contributed by atoms with Crippen molar-refractivity contribution in [3.63, 3.8) is 0 Å². The fourth-order valence-corrected chi connectivity index (χ4v) is 1.52. The van der Waals surface area contributed by atoms with Gasteiger partial charge < -0.3 is 4.57 Å². The van der Waals surface area contributed by atoms with Crippen LogP contribution in [0, 0.1) is 12.8 Å². The van der Waals surface area contributed by atoms with Crippen LogP contribution in [0.3, 0.4) is 0 Å². The lowest BCUT2D eigenvalue weighted by molar-refractivity contribution is -0.139. The number of halogens is 3. The highest BCUT2D eigenvalue weighted by atomic mass is 19.4. The first-order valence-corrected chi connectivity index (χ1v) is 5.00. The van der Waals surface area contributed by atoms with Crippen LogP contribution >= 0.6 is 0 Å². The molecule has 0 radical (unpaired) electrons. The molecule has 1 aromatic heterocycles. The van der Waals surface area contributed by atoms with Crippen molar-refractivity contribution in [2.24, 2.45) is 5.92 Å². The highest BCUT2D eigenvalue weighted by Gasteiger charge is 2.34. The van der Waals surface area contributed by atoms with E-state index in [0.29, 0.717) is 12.1 Å². The average Bonchev–Trinajstić information content (AvgIpc) is 2.07. The maximum Gasteiger partial charge on any atom is 0.421 e. The SMILES string of the molecule is Cc1cc(C(F)(F)F)c(=O)n(CC(C)C)c1. The summed E-state index contributed by atoms with van der Waals surface area (Å²) >= 11 is 0. The summed E-state index contributed by atoms with van der Waals surface area (Å²) in [7, 11) is 0. The smallest absolute Gasteiger partial charge is 0.314 e. The lowest BCUT2D eigenvalue weighted by atomic mass is 10.1. The first-order chi connectivity index (χ1) is 7.21. The van der Waals surface area contributed by atoms with Crippen LogP contribution in [0.1, 0.15) is 25.0 Å². The van der Waals surface area contributed by atoms with Crippen LogP contribution < -0.4 is 5.56 Å². The second kappa shape index (κ2) is 4.31. The molecular formula is C11H14F3NO. The second-order valence-corrected chi connectivity index (χ2v) is 4.28. The summed E-state index contributed by atoms with van der Waals surface area (Å²) in [6, 6.07) is 0.888. The fourth-order valence-electron chi connectivity index (χ4n) is 1.52. The van der Waals surface area contributed by atoms with Crippen LogP contribution in [0.15, 0.2) is 17.1 Å². The van der Waals surface area contributed by atoms with Crippen LogP contribution in [-0.2, 0) is 12.7 Å². The highest BCUT2D eigenvalue weighted by Crippen LogP contribution is 2.26. The molecule has 0 amide bonds. The third-order valence-corrected chi connectivity index (χ3v) is 2.09. The zero-order chi connectivity index (χ0) is 12.5. The van der Waals surface area contributed by atoms with E-state index in [-0.39, 0.29) is 5.92 Å². The van der Waals surface area contributed by atoms with Crippen molar-refractivity contribution < 1.29 is 13.2 Å². The molecule has 0 bridgehead atoms. The normalized spacial score (nSPS) is 12.2. The van der Waals surface area contributed by atoms with Crippen molar-refractivity contribution in [1.82, 2.24) is 4.57 Å². The van der Waals surface area contributed by atoms with Crippen molar-refractivity contribution in [3.8, 4) is 0 Å². The number of alkyl halides is 3. The van der Waals surface area contributed by atoms with Gasteiger partial charge in [-0.1, -0.05) is 13.8 Å². The molecule has 0 N–H and O–H groups in total. The van der Waals surface area contributed by atoms with E-state index in [1.165, 1.54) is 6.20 Å². The number of aryl methyl sites for hydroxylation is 1. The summed E-state index contributed by atoms with van der Waals surface area (Å²) in [6.45, 7) is 5.54. The minimum Gasteiger partial charge on any atom is -0.314 e. The molecule has 2 nitrogen and oxygen atoms in total. The molecule has 16 heavy (non-hydrogen) atoms. The molecule has 0 aromatic carbocycles. The summed E-state index contributed by atoms with van der Waals surface area (Å²) in [6.07, 6.45) is -3.13. The van der Waals surface area contributed by atoms with Crippen LogP contribution in [0.4, 0.5) is 13.2 Å². The van der Waals surface area contributed by atoms with Gasteiger partial charge in [0.1, 0.15) is 5.56 Å². The zero-order valence-electron chi connectivity index (χ0n) is 9.43. The Kier molecular flexibility index (Phi) is 3.45. The Morgan fingerprint density at radius 3 is 2.38 bits per heavy atom. The third kappa shape index (κ3) is 2.87. The topological polar surface area (TPSA) is 22.0 Å². The summed E-state index contributed by atoms with van der Waals surface area (Å²) < 4.78 is 38.7. The van der Waals surface area contributed by atoms with Crippen molar-refractivity contribution in [2.45, 2.75) is 33.5 Å². The largest absolute Gasteiger partial charge is 0.421 e. The standard InChI is InChI=1S/C11H14F3NO/c1-7(2)5-15-6-8(3)4-9(10(15)16)11(12,13)14/h4,6-7H,5H2,1-3H3. The van der Waals surface area contributed by atoms with Crippen molar-refractivity contribution >= 4 is 0 Å². The molecule has 0 aliphatic rings. The lowest BCUT2D eigenvalue weighted by Gasteiger charge is -2.13. The van der Waals surface area contributed by atoms with Gasteiger partial charge in [-0.2, -0.15) is 13.2 Å². The molecule has 0 atom stereocenters. The predicted molar refractivity (Wildman–Crippen MR) is 55.3 cm³/mol. The van der Waals surface area contributed by atoms with Crippen LogP contribution in [0.5, 0.6) is 0 Å². The predicted octanol–water partition coefficient (Wildman–Crippen LogP) is 2.83. The highest BCUT2D eigenvalue weighted by molar-refractivity contribution is 5.20. The number of nitrogens with zero attached hydrogens (tertiary/aromatic N) is 1. The minimum absolute atomic E-state index is 0.126. The molecule has 5 heteroatoms. The molecule has 0 aliphatic carbocycles. The third-order valence-electron chi connectivity index (χ3n) is 2.09. The van der Waals surface area contributed by atoms with Gasteiger partial charge >= 0.3 is 6.18 Å². The molecule has 1 rings (SSSR count). The van der Waals surface area contributed by atoms with E-state index in [9.17, 15) is 18.0 Å². The summed E-state index contributed by atoms with van der Waals surface area (Å²) in [5.74, 6) is 0.126. The molecule has 90 valence electrons. The van der Waals surface area contributed by atoms with Gasteiger partial charge in [-0.05, 0) is 24.5 Å². The first-order valence-electron chi connectivity index (χ1n) is 5.00. The van der Waals surface area contributed by atoms with Crippen molar-refractivity contribution in [3.05, 3.63) is 33.7 Å². The van der Waals surface area contributed by atoms with E-state index in [2.05, 4.69) is 0 Å². The van der Waals surface area contributed by atoms with E-state index in [1.807, 2.05) is 13.8 Å². The number of hydrogen-bond acceptors (Lipinski definition) is 1. The fraction of sp³-hybridized carbons (Fsp3) is 0.545. The van der Waals surface area contributed by atoms with Gasteiger partial charge in [0.15, 0.2) is 0 Å². The van der Waals surface area contributed by atoms with Gasteiger partial charge in [0.25, 0.3) is 5.56 Å². The first kappa shape index (κ1) is 12.8. The molecule has 0 spiro atoms. The molecule has 0 unspecified atom stereocenters. The van der Waals surface area contributed by atoms with Crippen LogP contribution in [-0.4, -0.2) is 4.57 Å². The summed E-state index contributed by atoms with van der Waals surface area (Å²) in [5, 5.41) is 0. The van der Waals surface area contributed by atoms with Gasteiger partial charge in [-0.25, -0.2) is 0 Å². The number of hydrogen-bond donors (Lipinski definition) is 0. The van der Waals surface area contributed by atoms with E-state index in [0.717, 1.165) is 10.6 Å². The van der Waals surface area contributed by atoms with Crippen LogP contribution in [0.2, 0.25) is 0 Å². The molecule has 0 saturated heterocycles. The van der Waals surface area contributed by atoms with E-state index in [4.69, 9.17) is 0 Å². The summed E-state index contributed by atoms with van der Waals surface area (Å²) in [5.41, 5.74) is -1.62. The van der Waals surface area contributed by atoms with E-state index >= 15 is 0 Å². The Labute approximate surface area is 91.7 Å². The van der Waals surface area contributed by atoms with Gasteiger partial charge in [-0.15, -0.1) is 0 Å². The molecule has 1 heterocycles. The monoisotopic (exact) mass is 233 g/mol. The average molecular weight is 233 g/mol. The molecular weight excluding hydrogens is 219 g/mol. The lowest BCUT2D eigenvalue weighted by Crippen LogP contribution is -2.29. The Morgan fingerprint density at radius 2 is 1.94 bits per heavy atom. The quantitative estimate of drug-likeness (QED) is 0.769. The minimum atomic E-state index is -4.58. The maximum atomic E-state index is 12.5. The van der Waals surface area contributed by atoms with Crippen molar-refractivity contribution in [2.75, 3.05) is 0 Å². The van der Waals surface area contributed by atoms with Gasteiger partial charge in [0, 0.05) is 12.7 Å². The molecule has 0 saturated carbocycles. The zero-order valence-corrected chi connectivity index (χ0v) is 9.43. The molecule has 1 aromatic rings. The Hall–Kier alpha value is -1.26. The van der Waals surface area contributed by atoms with E-state index < -0.39 is 17.3 Å². The van der Waals surface area contributed by atoms with Gasteiger partial charge in [0.05, 0.1) is 0 Å². The maximum absolute atomic E-state index is 12.5. The number of pyridine rings is 1. The molecule has 0 fully saturated rings. The van der Waals surface area contributed by atoms with Crippen molar-refractivity contribution in [1.29, 1.82) is 0 Å². The Bertz CT molecular complexity index is 432. The van der Waals surface area contributed by atoms with Gasteiger partial charge in [-0.3, -0.25) is 4.79 Å². The van der Waals surface area contributed by atoms with E-state index in [1.54, 1.807) is 6.92 Å². The molecule has 0 aliphatic heterocycles. The van der Waals surface area contributed by atoms with Crippen LogP contribution in [0.25, 0.3) is 0 Å². The number of aromatic nitrogens is 1. The Balaban J connectivity index is 3.33. The summed E-state index contributed by atoms with van der Waals surface area (Å²) in [4.78, 5) is 11.5. The Morgan fingerprint density at radius 1 is 1.38 bits per heavy atom. The number of rotatable bonds is 2.